The smallest absolute Gasteiger partial charge is 0.0740 e. The van der Waals surface area contributed by atoms with E-state index in [1.807, 2.05) is 7.11 Å². The molecule has 110 valence electrons. The molecule has 0 aromatic carbocycles. The van der Waals surface area contributed by atoms with Crippen LogP contribution in [0.25, 0.3) is 0 Å². The number of hydrogen-bond acceptors (Lipinski definition) is 2. The fourth-order valence-electron chi connectivity index (χ4n) is 5.32. The number of alkyl halides is 1. The number of halogens is 1. The van der Waals surface area contributed by atoms with Gasteiger partial charge in [-0.2, -0.15) is 0 Å². The molecule has 2 saturated carbocycles. The van der Waals surface area contributed by atoms with Crippen LogP contribution in [0.5, 0.6) is 0 Å². The summed E-state index contributed by atoms with van der Waals surface area (Å²) in [6, 6.07) is 0.805. The van der Waals surface area contributed by atoms with Crippen molar-refractivity contribution in [3.05, 3.63) is 0 Å². The molecule has 2 aliphatic carbocycles. The molecule has 3 heteroatoms. The molecule has 6 atom stereocenters. The summed E-state index contributed by atoms with van der Waals surface area (Å²) in [4.78, 5) is 2.63. The predicted molar refractivity (Wildman–Crippen MR) is 79.6 cm³/mol. The number of rotatable bonds is 1. The molecule has 0 amide bonds. The van der Waals surface area contributed by atoms with E-state index in [1.165, 1.54) is 32.2 Å². The summed E-state index contributed by atoms with van der Waals surface area (Å²) in [7, 11) is 4.16. The summed E-state index contributed by atoms with van der Waals surface area (Å²) in [6.07, 6.45) is 8.10. The molecule has 0 N–H and O–H groups in total. The van der Waals surface area contributed by atoms with Crippen molar-refractivity contribution in [1.82, 2.24) is 4.90 Å². The van der Waals surface area contributed by atoms with Crippen LogP contribution < -0.4 is 0 Å². The van der Waals surface area contributed by atoms with Gasteiger partial charge in [0.1, 0.15) is 0 Å². The topological polar surface area (TPSA) is 12.5 Å². The van der Waals surface area contributed by atoms with Crippen molar-refractivity contribution in [3.8, 4) is 0 Å². The van der Waals surface area contributed by atoms with Gasteiger partial charge in [0.05, 0.1) is 11.5 Å². The minimum absolute atomic E-state index is 0.214. The van der Waals surface area contributed by atoms with Crippen LogP contribution in [0.3, 0.4) is 0 Å². The van der Waals surface area contributed by atoms with Crippen LogP contribution in [-0.4, -0.2) is 43.1 Å². The summed E-state index contributed by atoms with van der Waals surface area (Å²) in [5.41, 5.74) is 0.442. The SMILES string of the molecule is COC1C[C@@]2(C)C(CCN(C)[C@H]3CCCC32)CC1Cl. The quantitative estimate of drug-likeness (QED) is 0.684. The summed E-state index contributed by atoms with van der Waals surface area (Å²) >= 11 is 6.56. The van der Waals surface area contributed by atoms with E-state index in [2.05, 4.69) is 18.9 Å². The molecule has 3 aliphatic rings. The zero-order valence-electron chi connectivity index (χ0n) is 12.6. The number of hydrogen-bond donors (Lipinski definition) is 0. The number of ether oxygens (including phenoxy) is 1. The highest BCUT2D eigenvalue weighted by Crippen LogP contribution is 2.56. The van der Waals surface area contributed by atoms with Crippen molar-refractivity contribution < 1.29 is 4.74 Å². The standard InChI is InChI=1S/C16H28ClNO/c1-16-10-15(19-3)13(17)9-11(16)7-8-18(2)14-6-4-5-12(14)16/h11-15H,4-10H2,1-3H3/t11?,12?,13?,14-,15?,16-/m0/s1. The Balaban J connectivity index is 1.90. The lowest BCUT2D eigenvalue weighted by molar-refractivity contribution is -0.0439. The Hall–Kier alpha value is 0.210. The number of methoxy groups -OCH3 is 1. The van der Waals surface area contributed by atoms with Crippen LogP contribution in [0.2, 0.25) is 0 Å². The zero-order valence-corrected chi connectivity index (χ0v) is 13.3. The normalized spacial score (nSPS) is 51.5. The highest BCUT2D eigenvalue weighted by Gasteiger charge is 2.53. The van der Waals surface area contributed by atoms with Gasteiger partial charge in [0.25, 0.3) is 0 Å². The summed E-state index contributed by atoms with van der Waals surface area (Å²) in [6.45, 7) is 3.79. The molecule has 2 nitrogen and oxygen atoms in total. The third-order valence-electron chi connectivity index (χ3n) is 6.51. The Kier molecular flexibility index (Phi) is 3.87. The molecule has 0 aromatic rings. The van der Waals surface area contributed by atoms with Crippen LogP contribution in [-0.2, 0) is 4.74 Å². The van der Waals surface area contributed by atoms with E-state index in [0.29, 0.717) is 5.41 Å². The molecule has 1 saturated heterocycles. The van der Waals surface area contributed by atoms with Gasteiger partial charge in [0, 0.05) is 13.2 Å². The maximum absolute atomic E-state index is 6.56. The third-order valence-corrected chi connectivity index (χ3v) is 6.97. The van der Waals surface area contributed by atoms with Crippen molar-refractivity contribution in [3.63, 3.8) is 0 Å². The van der Waals surface area contributed by atoms with Gasteiger partial charge in [0.2, 0.25) is 0 Å². The Labute approximate surface area is 122 Å². The van der Waals surface area contributed by atoms with Crippen LogP contribution in [0.15, 0.2) is 0 Å². The van der Waals surface area contributed by atoms with Gasteiger partial charge in [-0.3, -0.25) is 0 Å². The van der Waals surface area contributed by atoms with E-state index < -0.39 is 0 Å². The van der Waals surface area contributed by atoms with Gasteiger partial charge in [-0.15, -0.1) is 11.6 Å². The maximum Gasteiger partial charge on any atom is 0.0740 e. The monoisotopic (exact) mass is 285 g/mol. The molecular formula is C16H28ClNO. The lowest BCUT2D eigenvalue weighted by atomic mass is 9.58. The molecular weight excluding hydrogens is 258 g/mol. The Morgan fingerprint density at radius 1 is 1.26 bits per heavy atom. The van der Waals surface area contributed by atoms with Gasteiger partial charge < -0.3 is 9.64 Å². The fraction of sp³-hybridized carbons (Fsp3) is 1.00. The molecule has 19 heavy (non-hydrogen) atoms. The largest absolute Gasteiger partial charge is 0.380 e. The first-order valence-corrected chi connectivity index (χ1v) is 8.37. The third kappa shape index (κ3) is 2.24. The van der Waals surface area contributed by atoms with Crippen molar-refractivity contribution in [1.29, 1.82) is 0 Å². The van der Waals surface area contributed by atoms with Crippen LogP contribution in [0.4, 0.5) is 0 Å². The van der Waals surface area contributed by atoms with Gasteiger partial charge in [-0.1, -0.05) is 13.3 Å². The van der Waals surface area contributed by atoms with Crippen LogP contribution in [0.1, 0.15) is 45.4 Å². The molecule has 0 spiro atoms. The van der Waals surface area contributed by atoms with Crippen molar-refractivity contribution in [2.75, 3.05) is 20.7 Å². The molecule has 3 rings (SSSR count). The van der Waals surface area contributed by atoms with E-state index in [-0.39, 0.29) is 11.5 Å². The summed E-state index contributed by atoms with van der Waals surface area (Å²) in [5.74, 6) is 1.64. The van der Waals surface area contributed by atoms with E-state index in [1.54, 1.807) is 0 Å². The summed E-state index contributed by atoms with van der Waals surface area (Å²) < 4.78 is 5.69. The highest BCUT2D eigenvalue weighted by atomic mass is 35.5. The molecule has 4 unspecified atom stereocenters. The van der Waals surface area contributed by atoms with E-state index >= 15 is 0 Å². The van der Waals surface area contributed by atoms with Crippen LogP contribution >= 0.6 is 11.6 Å². The molecule has 1 aliphatic heterocycles. The van der Waals surface area contributed by atoms with Crippen molar-refractivity contribution in [2.24, 2.45) is 17.3 Å². The molecule has 3 fully saturated rings. The van der Waals surface area contributed by atoms with E-state index in [4.69, 9.17) is 16.3 Å². The lowest BCUT2D eigenvalue weighted by Crippen LogP contribution is -2.49. The van der Waals surface area contributed by atoms with Gasteiger partial charge in [0.15, 0.2) is 0 Å². The van der Waals surface area contributed by atoms with Crippen molar-refractivity contribution >= 4 is 11.6 Å². The van der Waals surface area contributed by atoms with Gasteiger partial charge in [-0.05, 0) is 62.9 Å². The van der Waals surface area contributed by atoms with Crippen molar-refractivity contribution in [2.45, 2.75) is 63.0 Å². The summed E-state index contributed by atoms with van der Waals surface area (Å²) in [5, 5.41) is 0.214. The molecule has 0 bridgehead atoms. The zero-order chi connectivity index (χ0) is 13.6. The molecule has 0 radical (unpaired) electrons. The minimum Gasteiger partial charge on any atom is -0.380 e. The fourth-order valence-corrected chi connectivity index (χ4v) is 5.72. The lowest BCUT2D eigenvalue weighted by Gasteiger charge is -2.50. The highest BCUT2D eigenvalue weighted by molar-refractivity contribution is 6.21. The Morgan fingerprint density at radius 3 is 2.79 bits per heavy atom. The number of fused-ring (bicyclic) bond motifs is 3. The van der Waals surface area contributed by atoms with Crippen LogP contribution in [0, 0.1) is 17.3 Å². The average molecular weight is 286 g/mol. The second-order valence-corrected chi connectivity index (χ2v) is 7.87. The Bertz CT molecular complexity index is 337. The maximum atomic E-state index is 6.56. The Morgan fingerprint density at radius 2 is 2.05 bits per heavy atom. The number of likely N-dealkylation sites (tertiary alicyclic amines) is 1. The average Bonchev–Trinajstić information content (AvgIpc) is 2.85. The second kappa shape index (κ2) is 5.20. The van der Waals surface area contributed by atoms with E-state index in [0.717, 1.165) is 30.7 Å². The van der Waals surface area contributed by atoms with Gasteiger partial charge in [-0.25, -0.2) is 0 Å². The first kappa shape index (κ1) is 14.2. The minimum atomic E-state index is 0.214. The molecule has 1 heterocycles. The predicted octanol–water partition coefficient (Wildman–Crippen LogP) is 3.53. The molecule has 0 aromatic heterocycles. The first-order valence-electron chi connectivity index (χ1n) is 7.93. The second-order valence-electron chi connectivity index (χ2n) is 7.31. The van der Waals surface area contributed by atoms with Gasteiger partial charge >= 0.3 is 0 Å². The first-order chi connectivity index (χ1) is 9.06. The van der Waals surface area contributed by atoms with E-state index in [9.17, 15) is 0 Å². The number of nitrogens with zero attached hydrogens (tertiary/aromatic N) is 1.